The zero-order valence-electron chi connectivity index (χ0n) is 8.36. The summed E-state index contributed by atoms with van der Waals surface area (Å²) in [5.74, 6) is -1.25. The third-order valence-electron chi connectivity index (χ3n) is 1.97. The van der Waals surface area contributed by atoms with Gasteiger partial charge in [-0.25, -0.2) is 0 Å². The normalized spacial score (nSPS) is 12.5. The lowest BCUT2D eigenvalue weighted by atomic mass is 10.0. The summed E-state index contributed by atoms with van der Waals surface area (Å²) in [7, 11) is 0. The molecule has 0 heterocycles. The monoisotopic (exact) mass is 231 g/mol. The summed E-state index contributed by atoms with van der Waals surface area (Å²) in [6, 6.07) is 5.25. The molecule has 3 N–H and O–H groups in total. The fourth-order valence-electron chi connectivity index (χ4n) is 1.26. The number of benzene rings is 1. The van der Waals surface area contributed by atoms with Crippen LogP contribution in [-0.2, 0) is 4.79 Å². The molecular weight excluding hydrogens is 220 g/mol. The molecule has 0 unspecified atom stereocenters. The van der Waals surface area contributed by atoms with Gasteiger partial charge in [-0.2, -0.15) is 8.78 Å². The summed E-state index contributed by atoms with van der Waals surface area (Å²) >= 11 is 0. The van der Waals surface area contributed by atoms with Crippen LogP contribution in [0.4, 0.5) is 8.78 Å². The molecule has 0 aliphatic rings. The van der Waals surface area contributed by atoms with Crippen molar-refractivity contribution in [2.45, 2.75) is 19.1 Å². The van der Waals surface area contributed by atoms with Gasteiger partial charge in [0.2, 0.25) is 0 Å². The molecule has 0 saturated carbocycles. The Bertz CT molecular complexity index is 371. The van der Waals surface area contributed by atoms with E-state index in [4.69, 9.17) is 0 Å². The first-order chi connectivity index (χ1) is 7.49. The van der Waals surface area contributed by atoms with Gasteiger partial charge in [0.25, 0.3) is 0 Å². The number of ether oxygens (including phenoxy) is 1. The lowest BCUT2D eigenvalue weighted by molar-refractivity contribution is -0.430. The second-order valence-electron chi connectivity index (χ2n) is 3.22. The largest absolute Gasteiger partial charge is 0.550 e. The third-order valence-corrected chi connectivity index (χ3v) is 1.97. The van der Waals surface area contributed by atoms with Crippen LogP contribution in [0.5, 0.6) is 5.75 Å². The molecule has 6 heteroatoms. The quantitative estimate of drug-likeness (QED) is 0.756. The van der Waals surface area contributed by atoms with Gasteiger partial charge in [-0.3, -0.25) is 0 Å². The van der Waals surface area contributed by atoms with Gasteiger partial charge in [0.05, 0.1) is 0 Å². The number of alkyl halides is 2. The summed E-state index contributed by atoms with van der Waals surface area (Å²) in [4.78, 5) is 10.3. The minimum atomic E-state index is -2.90. The molecular formula is C10H11F2NO3. The summed E-state index contributed by atoms with van der Waals surface area (Å²) in [5, 5.41) is 10.3. The van der Waals surface area contributed by atoms with Crippen molar-refractivity contribution in [3.05, 3.63) is 29.8 Å². The second kappa shape index (κ2) is 5.41. The van der Waals surface area contributed by atoms with Gasteiger partial charge in [-0.15, -0.1) is 0 Å². The summed E-state index contributed by atoms with van der Waals surface area (Å²) < 4.78 is 28.0. The number of hydrogen-bond donors (Lipinski definition) is 1. The van der Waals surface area contributed by atoms with E-state index in [-0.39, 0.29) is 12.2 Å². The van der Waals surface area contributed by atoms with Crippen molar-refractivity contribution in [2.24, 2.45) is 0 Å². The number of halogens is 2. The molecule has 0 amide bonds. The highest BCUT2D eigenvalue weighted by Gasteiger charge is 2.12. The Morgan fingerprint density at radius 2 is 2.19 bits per heavy atom. The molecule has 0 aliphatic heterocycles. The Morgan fingerprint density at radius 1 is 1.50 bits per heavy atom. The average molecular weight is 231 g/mol. The Balaban J connectivity index is 2.77. The zero-order valence-corrected chi connectivity index (χ0v) is 8.36. The van der Waals surface area contributed by atoms with Crippen LogP contribution < -0.4 is 15.6 Å². The Morgan fingerprint density at radius 3 is 2.75 bits per heavy atom. The number of rotatable bonds is 5. The van der Waals surface area contributed by atoms with Crippen molar-refractivity contribution in [1.29, 1.82) is 0 Å². The predicted molar refractivity (Wildman–Crippen MR) is 48.3 cm³/mol. The fraction of sp³-hybridized carbons (Fsp3) is 0.300. The maximum absolute atomic E-state index is 11.9. The molecule has 16 heavy (non-hydrogen) atoms. The lowest BCUT2D eigenvalue weighted by Crippen LogP contribution is -2.55. The molecule has 0 aromatic heterocycles. The molecule has 0 fully saturated rings. The minimum Gasteiger partial charge on any atom is -0.550 e. The first kappa shape index (κ1) is 12.4. The second-order valence-corrected chi connectivity index (χ2v) is 3.22. The standard InChI is InChI=1S/C10H11F2NO3/c11-10(12)16-7-3-1-2-6(4-7)8(13)5-9(14)15/h1-4,8,10H,5,13H2,(H,14,15)/t8-/m1/s1. The number of carbonyl (C=O) groups excluding carboxylic acids is 1. The molecule has 88 valence electrons. The van der Waals surface area contributed by atoms with Gasteiger partial charge in [-0.05, 0) is 12.1 Å². The van der Waals surface area contributed by atoms with Gasteiger partial charge >= 0.3 is 6.61 Å². The van der Waals surface area contributed by atoms with Crippen LogP contribution in [-0.4, -0.2) is 12.6 Å². The van der Waals surface area contributed by atoms with Crippen molar-refractivity contribution in [3.63, 3.8) is 0 Å². The van der Waals surface area contributed by atoms with Crippen molar-refractivity contribution in [3.8, 4) is 5.75 Å². The molecule has 0 spiro atoms. The molecule has 0 saturated heterocycles. The van der Waals surface area contributed by atoms with Crippen LogP contribution in [0.3, 0.4) is 0 Å². The Labute approximate surface area is 90.6 Å². The summed E-state index contributed by atoms with van der Waals surface area (Å²) in [6.45, 7) is -2.90. The predicted octanol–water partition coefficient (Wildman–Crippen LogP) is -0.289. The fourth-order valence-corrected chi connectivity index (χ4v) is 1.26. The summed E-state index contributed by atoms with van der Waals surface area (Å²) in [6.07, 6.45) is -0.266. The first-order valence-electron chi connectivity index (χ1n) is 4.56. The number of carboxylic acid groups (broad SMARTS) is 1. The first-order valence-corrected chi connectivity index (χ1v) is 4.56. The van der Waals surface area contributed by atoms with Crippen LogP contribution in [0.2, 0.25) is 0 Å². The van der Waals surface area contributed by atoms with Gasteiger partial charge < -0.3 is 20.4 Å². The van der Waals surface area contributed by atoms with Gasteiger partial charge in [0, 0.05) is 18.0 Å². The van der Waals surface area contributed by atoms with Crippen molar-refractivity contribution >= 4 is 5.97 Å². The van der Waals surface area contributed by atoms with Gasteiger partial charge in [0.1, 0.15) is 11.8 Å². The minimum absolute atomic E-state index is 0.0144. The highest BCUT2D eigenvalue weighted by Crippen LogP contribution is 2.20. The van der Waals surface area contributed by atoms with E-state index in [1.165, 1.54) is 18.2 Å². The Hall–Kier alpha value is -1.69. The van der Waals surface area contributed by atoms with E-state index in [9.17, 15) is 18.7 Å². The van der Waals surface area contributed by atoms with E-state index < -0.39 is 18.6 Å². The topological polar surface area (TPSA) is 77.0 Å². The van der Waals surface area contributed by atoms with E-state index in [1.54, 1.807) is 6.07 Å². The lowest BCUT2D eigenvalue weighted by Gasteiger charge is -2.11. The smallest absolute Gasteiger partial charge is 0.387 e. The maximum Gasteiger partial charge on any atom is 0.387 e. The van der Waals surface area contributed by atoms with Crippen LogP contribution in [0, 0.1) is 0 Å². The molecule has 1 atom stereocenters. The van der Waals surface area contributed by atoms with E-state index in [1.807, 2.05) is 0 Å². The molecule has 1 aromatic rings. The average Bonchev–Trinajstić information content (AvgIpc) is 2.16. The third kappa shape index (κ3) is 3.82. The van der Waals surface area contributed by atoms with Crippen LogP contribution in [0.1, 0.15) is 18.0 Å². The number of quaternary nitrogens is 1. The van der Waals surface area contributed by atoms with Crippen molar-refractivity contribution in [1.82, 2.24) is 0 Å². The van der Waals surface area contributed by atoms with E-state index in [2.05, 4.69) is 10.5 Å². The molecule has 0 bridgehead atoms. The number of carboxylic acids is 1. The van der Waals surface area contributed by atoms with Crippen molar-refractivity contribution in [2.75, 3.05) is 0 Å². The zero-order chi connectivity index (χ0) is 12.1. The summed E-state index contributed by atoms with van der Waals surface area (Å²) in [5.41, 5.74) is 4.12. The van der Waals surface area contributed by atoms with E-state index >= 15 is 0 Å². The van der Waals surface area contributed by atoms with E-state index in [0.29, 0.717) is 5.56 Å². The highest BCUT2D eigenvalue weighted by molar-refractivity contribution is 5.65. The van der Waals surface area contributed by atoms with E-state index in [0.717, 1.165) is 0 Å². The highest BCUT2D eigenvalue weighted by atomic mass is 19.3. The molecule has 4 nitrogen and oxygen atoms in total. The number of hydrogen-bond acceptors (Lipinski definition) is 3. The van der Waals surface area contributed by atoms with Gasteiger partial charge in [-0.1, -0.05) is 12.1 Å². The van der Waals surface area contributed by atoms with Crippen LogP contribution in [0.25, 0.3) is 0 Å². The van der Waals surface area contributed by atoms with Crippen LogP contribution in [0.15, 0.2) is 24.3 Å². The molecule has 1 aromatic carbocycles. The maximum atomic E-state index is 11.9. The van der Waals surface area contributed by atoms with Gasteiger partial charge in [0.15, 0.2) is 0 Å². The molecule has 1 rings (SSSR count). The molecule has 0 radical (unpaired) electrons. The van der Waals surface area contributed by atoms with Crippen LogP contribution >= 0.6 is 0 Å². The SMILES string of the molecule is [NH3+][C@H](CC(=O)[O-])c1cccc(OC(F)F)c1. The molecule has 0 aliphatic carbocycles. The Kier molecular flexibility index (Phi) is 4.19. The number of carbonyl (C=O) groups is 1. The van der Waals surface area contributed by atoms with Crippen molar-refractivity contribution < 1.29 is 29.2 Å². The number of aliphatic carboxylic acids is 1.